The van der Waals surface area contributed by atoms with Crippen LogP contribution in [0.25, 0.3) is 0 Å². The predicted octanol–water partition coefficient (Wildman–Crippen LogP) is 7.02. The second-order valence-corrected chi connectivity index (χ2v) is 7.97. The summed E-state index contributed by atoms with van der Waals surface area (Å²) in [6, 6.07) is 16.0. The molecular formula is C24H22Cl3NO4. The number of carbonyl (C=O) groups excluding carboxylic acids is 1. The van der Waals surface area contributed by atoms with Crippen molar-refractivity contribution in [2.45, 2.75) is 20.1 Å². The maximum atomic E-state index is 11.8. The number of nitrogens with one attached hydrogen (secondary N) is 1. The van der Waals surface area contributed by atoms with E-state index in [0.717, 1.165) is 11.3 Å². The first-order chi connectivity index (χ1) is 15.4. The van der Waals surface area contributed by atoms with Crippen molar-refractivity contribution in [2.75, 3.05) is 19.0 Å². The van der Waals surface area contributed by atoms with Crippen LogP contribution in [-0.2, 0) is 17.9 Å². The predicted molar refractivity (Wildman–Crippen MR) is 129 cm³/mol. The number of methoxy groups -OCH3 is 1. The Morgan fingerprint density at radius 2 is 1.66 bits per heavy atom. The van der Waals surface area contributed by atoms with Gasteiger partial charge in [-0.3, -0.25) is 0 Å². The molecule has 0 saturated heterocycles. The van der Waals surface area contributed by atoms with Crippen LogP contribution >= 0.6 is 34.8 Å². The van der Waals surface area contributed by atoms with Crippen molar-refractivity contribution in [1.29, 1.82) is 0 Å². The van der Waals surface area contributed by atoms with Crippen LogP contribution < -0.4 is 14.8 Å². The molecule has 0 radical (unpaired) electrons. The van der Waals surface area contributed by atoms with E-state index in [1.165, 1.54) is 0 Å². The lowest BCUT2D eigenvalue weighted by Crippen LogP contribution is -2.05. The van der Waals surface area contributed by atoms with Crippen molar-refractivity contribution in [1.82, 2.24) is 0 Å². The van der Waals surface area contributed by atoms with Gasteiger partial charge in [0.2, 0.25) is 0 Å². The molecule has 0 heterocycles. The number of anilines is 1. The van der Waals surface area contributed by atoms with Crippen LogP contribution in [0.1, 0.15) is 28.4 Å². The third-order valence-corrected chi connectivity index (χ3v) is 5.59. The summed E-state index contributed by atoms with van der Waals surface area (Å²) >= 11 is 18.9. The molecule has 5 nitrogen and oxygen atoms in total. The first kappa shape index (κ1) is 24.1. The molecular weight excluding hydrogens is 473 g/mol. The Bertz CT molecular complexity index is 1070. The molecule has 8 heteroatoms. The minimum atomic E-state index is -0.343. The van der Waals surface area contributed by atoms with Crippen LogP contribution in [0.4, 0.5) is 5.69 Å². The summed E-state index contributed by atoms with van der Waals surface area (Å²) in [5.74, 6) is 0.562. The van der Waals surface area contributed by atoms with Crippen molar-refractivity contribution in [3.63, 3.8) is 0 Å². The molecule has 1 N–H and O–H groups in total. The summed E-state index contributed by atoms with van der Waals surface area (Å²) < 4.78 is 16.4. The molecule has 0 saturated carbocycles. The van der Waals surface area contributed by atoms with E-state index in [1.54, 1.807) is 50.4 Å². The summed E-state index contributed by atoms with van der Waals surface area (Å²) in [7, 11) is 1.55. The van der Waals surface area contributed by atoms with Crippen LogP contribution in [0.15, 0.2) is 54.6 Å². The Hall–Kier alpha value is -2.60. The first-order valence-corrected chi connectivity index (χ1v) is 11.0. The van der Waals surface area contributed by atoms with Crippen molar-refractivity contribution >= 4 is 46.5 Å². The van der Waals surface area contributed by atoms with Gasteiger partial charge < -0.3 is 19.5 Å². The highest BCUT2D eigenvalue weighted by Gasteiger charge is 2.14. The van der Waals surface area contributed by atoms with Crippen molar-refractivity contribution in [2.24, 2.45) is 0 Å². The molecule has 3 aromatic rings. The zero-order valence-electron chi connectivity index (χ0n) is 17.6. The molecule has 0 aliphatic heterocycles. The minimum absolute atomic E-state index is 0.152. The van der Waals surface area contributed by atoms with Crippen LogP contribution in [0, 0.1) is 0 Å². The molecule has 0 bridgehead atoms. The fourth-order valence-electron chi connectivity index (χ4n) is 2.97. The maximum absolute atomic E-state index is 11.8. The van der Waals surface area contributed by atoms with Crippen LogP contribution in [-0.4, -0.2) is 19.7 Å². The largest absolute Gasteiger partial charge is 0.493 e. The average molecular weight is 495 g/mol. The van der Waals surface area contributed by atoms with E-state index in [9.17, 15) is 4.79 Å². The number of esters is 1. The zero-order chi connectivity index (χ0) is 23.1. The van der Waals surface area contributed by atoms with E-state index in [2.05, 4.69) is 5.32 Å². The van der Waals surface area contributed by atoms with Gasteiger partial charge in [0.1, 0.15) is 6.61 Å². The van der Waals surface area contributed by atoms with Crippen LogP contribution in [0.3, 0.4) is 0 Å². The third kappa shape index (κ3) is 6.00. The maximum Gasteiger partial charge on any atom is 0.338 e. The first-order valence-electron chi connectivity index (χ1n) is 9.86. The molecule has 3 aromatic carbocycles. The fourth-order valence-corrected chi connectivity index (χ4v) is 3.77. The third-order valence-electron chi connectivity index (χ3n) is 4.60. The molecule has 0 spiro atoms. The highest BCUT2D eigenvalue weighted by Crippen LogP contribution is 2.38. The smallest absolute Gasteiger partial charge is 0.338 e. The number of halogens is 3. The van der Waals surface area contributed by atoms with Crippen LogP contribution in [0.5, 0.6) is 11.5 Å². The number of hydrogen-bond acceptors (Lipinski definition) is 5. The second kappa shape index (κ2) is 11.3. The standard InChI is InChI=1S/C24H22Cl3NO4/c1-3-31-24(29)16-7-9-17(10-8-16)28-13-15-11-21(27)23(22(12-15)30-2)32-14-18-19(25)5-4-6-20(18)26/h4-12,28H,3,13-14H2,1-2H3. The molecule has 0 aliphatic rings. The summed E-state index contributed by atoms with van der Waals surface area (Å²) in [5.41, 5.74) is 2.92. The minimum Gasteiger partial charge on any atom is -0.493 e. The Morgan fingerprint density at radius 1 is 0.969 bits per heavy atom. The summed E-state index contributed by atoms with van der Waals surface area (Å²) in [6.45, 7) is 2.76. The van der Waals surface area contributed by atoms with Gasteiger partial charge >= 0.3 is 5.97 Å². The number of ether oxygens (including phenoxy) is 3. The summed E-state index contributed by atoms with van der Waals surface area (Å²) in [4.78, 5) is 11.8. The van der Waals surface area contributed by atoms with E-state index in [0.29, 0.717) is 50.8 Å². The number of carbonyl (C=O) groups is 1. The van der Waals surface area contributed by atoms with Gasteiger partial charge in [0.25, 0.3) is 0 Å². The van der Waals surface area contributed by atoms with Gasteiger partial charge in [-0.2, -0.15) is 0 Å². The monoisotopic (exact) mass is 493 g/mol. The second-order valence-electron chi connectivity index (χ2n) is 6.75. The van der Waals surface area contributed by atoms with Gasteiger partial charge in [0, 0.05) is 27.8 Å². The Kier molecular flexibility index (Phi) is 8.51. The van der Waals surface area contributed by atoms with Crippen molar-refractivity contribution < 1.29 is 19.0 Å². The lowest BCUT2D eigenvalue weighted by Gasteiger charge is -2.16. The SMILES string of the molecule is CCOC(=O)c1ccc(NCc2cc(Cl)c(OCc3c(Cl)cccc3Cl)c(OC)c2)cc1. The molecule has 0 aliphatic carbocycles. The van der Waals surface area contributed by atoms with Crippen molar-refractivity contribution in [3.8, 4) is 11.5 Å². The lowest BCUT2D eigenvalue weighted by atomic mass is 10.1. The summed E-state index contributed by atoms with van der Waals surface area (Å²) in [6.07, 6.45) is 0. The van der Waals surface area contributed by atoms with Crippen molar-refractivity contribution in [3.05, 3.63) is 86.4 Å². The molecule has 0 aromatic heterocycles. The lowest BCUT2D eigenvalue weighted by molar-refractivity contribution is 0.0526. The average Bonchev–Trinajstić information content (AvgIpc) is 2.78. The quantitative estimate of drug-likeness (QED) is 0.324. The Morgan fingerprint density at radius 3 is 2.28 bits per heavy atom. The molecule has 0 unspecified atom stereocenters. The Labute approximate surface area is 202 Å². The van der Waals surface area contributed by atoms with E-state index < -0.39 is 0 Å². The normalized spacial score (nSPS) is 10.5. The van der Waals surface area contributed by atoms with Gasteiger partial charge in [0.05, 0.1) is 24.3 Å². The van der Waals surface area contributed by atoms with E-state index in [-0.39, 0.29) is 12.6 Å². The molecule has 168 valence electrons. The number of rotatable bonds is 9. The molecule has 0 atom stereocenters. The zero-order valence-corrected chi connectivity index (χ0v) is 19.9. The van der Waals surface area contributed by atoms with Crippen LogP contribution in [0.2, 0.25) is 15.1 Å². The number of hydrogen-bond donors (Lipinski definition) is 1. The van der Waals surface area contributed by atoms with E-state index >= 15 is 0 Å². The van der Waals surface area contributed by atoms with E-state index in [4.69, 9.17) is 49.0 Å². The van der Waals surface area contributed by atoms with Gasteiger partial charge in [-0.15, -0.1) is 0 Å². The summed E-state index contributed by atoms with van der Waals surface area (Å²) in [5, 5.41) is 4.72. The van der Waals surface area contributed by atoms with Gasteiger partial charge in [0.15, 0.2) is 11.5 Å². The highest BCUT2D eigenvalue weighted by molar-refractivity contribution is 6.36. The van der Waals surface area contributed by atoms with E-state index in [1.807, 2.05) is 18.2 Å². The Balaban J connectivity index is 1.69. The van der Waals surface area contributed by atoms with Gasteiger partial charge in [-0.1, -0.05) is 40.9 Å². The van der Waals surface area contributed by atoms with Gasteiger partial charge in [-0.05, 0) is 61.0 Å². The highest BCUT2D eigenvalue weighted by atomic mass is 35.5. The molecule has 0 fully saturated rings. The molecule has 32 heavy (non-hydrogen) atoms. The topological polar surface area (TPSA) is 56.8 Å². The number of benzene rings is 3. The fraction of sp³-hybridized carbons (Fsp3) is 0.208. The van der Waals surface area contributed by atoms with Gasteiger partial charge in [-0.25, -0.2) is 4.79 Å². The molecule has 0 amide bonds. The molecule has 3 rings (SSSR count).